The number of imidazole rings is 1. The minimum Gasteiger partial charge on any atom is -0.463 e. The Bertz CT molecular complexity index is 1060. The number of nitrogens with zero attached hydrogens (tertiary/aromatic N) is 4. The van der Waals surface area contributed by atoms with Crippen molar-refractivity contribution >= 4 is 16.9 Å². The quantitative estimate of drug-likeness (QED) is 0.617. The number of benzene rings is 1. The van der Waals surface area contributed by atoms with Crippen LogP contribution in [-0.2, 0) is 0 Å². The fraction of sp³-hybridized carbons (Fsp3) is 0.211. The van der Waals surface area contributed by atoms with Crippen LogP contribution in [0.2, 0.25) is 0 Å². The van der Waals surface area contributed by atoms with E-state index in [1.54, 1.807) is 18.4 Å². The van der Waals surface area contributed by atoms with Gasteiger partial charge >= 0.3 is 0 Å². The van der Waals surface area contributed by atoms with E-state index in [0.29, 0.717) is 30.2 Å². The van der Waals surface area contributed by atoms with Crippen molar-refractivity contribution in [2.24, 2.45) is 0 Å². The number of carbonyl (C=O) groups is 1. The summed E-state index contributed by atoms with van der Waals surface area (Å²) in [6.07, 6.45) is 4.37. The lowest BCUT2D eigenvalue weighted by atomic mass is 10.2. The Morgan fingerprint density at radius 1 is 1.23 bits per heavy atom. The van der Waals surface area contributed by atoms with E-state index in [9.17, 15) is 4.79 Å². The predicted molar refractivity (Wildman–Crippen MR) is 95.6 cm³/mol. The molecule has 1 fully saturated rings. The first kappa shape index (κ1) is 14.9. The predicted octanol–water partition coefficient (Wildman–Crippen LogP) is 3.11. The number of carbonyl (C=O) groups excluding carboxylic acids is 1. The van der Waals surface area contributed by atoms with Crippen molar-refractivity contribution in [3.63, 3.8) is 0 Å². The van der Waals surface area contributed by atoms with Gasteiger partial charge in [-0.25, -0.2) is 4.98 Å². The third-order valence-electron chi connectivity index (χ3n) is 4.91. The number of furan rings is 1. The summed E-state index contributed by atoms with van der Waals surface area (Å²) in [4.78, 5) is 19.1. The van der Waals surface area contributed by atoms with Crippen LogP contribution in [0.5, 0.6) is 0 Å². The van der Waals surface area contributed by atoms with Gasteiger partial charge in [0.05, 0.1) is 29.7 Å². The average molecular weight is 347 g/mol. The number of aromatic amines is 1. The third-order valence-corrected chi connectivity index (χ3v) is 4.91. The fourth-order valence-electron chi connectivity index (χ4n) is 3.57. The highest BCUT2D eigenvalue weighted by Crippen LogP contribution is 2.27. The maximum atomic E-state index is 12.8. The SMILES string of the molecule is O=C(c1cc(-c2ccco2)[nH]n1)N1CC[C@@H](n2cnc3ccccc32)C1. The van der Waals surface area contributed by atoms with E-state index in [1.807, 2.05) is 35.5 Å². The Hall–Kier alpha value is -3.35. The third kappa shape index (κ3) is 2.40. The summed E-state index contributed by atoms with van der Waals surface area (Å²) in [7, 11) is 0. The Labute approximate surface area is 149 Å². The lowest BCUT2D eigenvalue weighted by molar-refractivity contribution is 0.0782. The molecule has 130 valence electrons. The molecule has 7 heteroatoms. The molecule has 0 bridgehead atoms. The van der Waals surface area contributed by atoms with Crippen LogP contribution < -0.4 is 0 Å². The van der Waals surface area contributed by atoms with E-state index in [-0.39, 0.29) is 11.9 Å². The van der Waals surface area contributed by atoms with Gasteiger partial charge in [0, 0.05) is 19.2 Å². The Balaban J connectivity index is 1.35. The molecule has 0 radical (unpaired) electrons. The lowest BCUT2D eigenvalue weighted by Gasteiger charge is -2.16. The van der Waals surface area contributed by atoms with Crippen LogP contribution in [-0.4, -0.2) is 43.6 Å². The van der Waals surface area contributed by atoms with Crippen LogP contribution in [0.25, 0.3) is 22.5 Å². The number of nitrogens with one attached hydrogen (secondary N) is 1. The van der Waals surface area contributed by atoms with E-state index in [1.165, 1.54) is 0 Å². The van der Waals surface area contributed by atoms with Gasteiger partial charge in [-0.05, 0) is 30.7 Å². The number of hydrogen-bond acceptors (Lipinski definition) is 4. The molecule has 3 aromatic heterocycles. The smallest absolute Gasteiger partial charge is 0.274 e. The fourth-order valence-corrected chi connectivity index (χ4v) is 3.57. The summed E-state index contributed by atoms with van der Waals surface area (Å²) in [5.74, 6) is 0.603. The van der Waals surface area contributed by atoms with Crippen LogP contribution in [0.1, 0.15) is 23.0 Å². The second-order valence-corrected chi connectivity index (χ2v) is 6.48. The minimum atomic E-state index is -0.0639. The lowest BCUT2D eigenvalue weighted by Crippen LogP contribution is -2.29. The van der Waals surface area contributed by atoms with Crippen LogP contribution in [0.3, 0.4) is 0 Å². The molecule has 1 saturated heterocycles. The summed E-state index contributed by atoms with van der Waals surface area (Å²) in [5, 5.41) is 7.03. The van der Waals surface area contributed by atoms with Gasteiger partial charge in [-0.1, -0.05) is 12.1 Å². The van der Waals surface area contributed by atoms with E-state index in [0.717, 1.165) is 17.5 Å². The number of likely N-dealkylation sites (tertiary alicyclic amines) is 1. The van der Waals surface area contributed by atoms with Gasteiger partial charge in [-0.3, -0.25) is 9.89 Å². The number of fused-ring (bicyclic) bond motifs is 1. The van der Waals surface area contributed by atoms with Crippen molar-refractivity contribution in [2.45, 2.75) is 12.5 Å². The number of para-hydroxylation sites is 2. The Morgan fingerprint density at radius 2 is 2.15 bits per heavy atom. The first-order valence-corrected chi connectivity index (χ1v) is 8.60. The molecule has 26 heavy (non-hydrogen) atoms. The van der Waals surface area contributed by atoms with Gasteiger partial charge in [0.15, 0.2) is 11.5 Å². The van der Waals surface area contributed by atoms with Gasteiger partial charge in [0.2, 0.25) is 0 Å². The van der Waals surface area contributed by atoms with E-state index >= 15 is 0 Å². The van der Waals surface area contributed by atoms with E-state index in [2.05, 4.69) is 25.8 Å². The molecule has 4 heterocycles. The molecule has 4 aromatic rings. The summed E-state index contributed by atoms with van der Waals surface area (Å²) in [6.45, 7) is 1.36. The molecule has 5 rings (SSSR count). The maximum absolute atomic E-state index is 12.8. The molecular formula is C19H17N5O2. The molecule has 0 aliphatic carbocycles. The number of aromatic nitrogens is 4. The number of rotatable bonds is 3. The average Bonchev–Trinajstić information content (AvgIpc) is 3.47. The maximum Gasteiger partial charge on any atom is 0.274 e. The van der Waals surface area contributed by atoms with Gasteiger partial charge < -0.3 is 13.9 Å². The van der Waals surface area contributed by atoms with Crippen molar-refractivity contribution in [3.05, 3.63) is 60.7 Å². The van der Waals surface area contributed by atoms with Gasteiger partial charge in [0.1, 0.15) is 5.69 Å². The van der Waals surface area contributed by atoms with Crippen LogP contribution in [0, 0.1) is 0 Å². The van der Waals surface area contributed by atoms with E-state index < -0.39 is 0 Å². The van der Waals surface area contributed by atoms with E-state index in [4.69, 9.17) is 4.42 Å². The van der Waals surface area contributed by atoms with Crippen LogP contribution in [0.4, 0.5) is 0 Å². The van der Waals surface area contributed by atoms with Gasteiger partial charge in [0.25, 0.3) is 5.91 Å². The molecule has 1 atom stereocenters. The minimum absolute atomic E-state index is 0.0639. The second kappa shape index (κ2) is 5.87. The molecule has 0 saturated carbocycles. The molecule has 0 unspecified atom stereocenters. The normalized spacial score (nSPS) is 17.2. The van der Waals surface area contributed by atoms with Crippen molar-refractivity contribution in [1.82, 2.24) is 24.6 Å². The van der Waals surface area contributed by atoms with Crippen LogP contribution >= 0.6 is 0 Å². The second-order valence-electron chi connectivity index (χ2n) is 6.48. The molecule has 0 spiro atoms. The molecule has 7 nitrogen and oxygen atoms in total. The summed E-state index contributed by atoms with van der Waals surface area (Å²) in [5.41, 5.74) is 3.20. The molecular weight excluding hydrogens is 330 g/mol. The largest absolute Gasteiger partial charge is 0.463 e. The van der Waals surface area contributed by atoms with Crippen molar-refractivity contribution < 1.29 is 9.21 Å². The number of amides is 1. The first-order chi connectivity index (χ1) is 12.8. The molecule has 1 aliphatic rings. The topological polar surface area (TPSA) is 80.0 Å². The summed E-state index contributed by atoms with van der Waals surface area (Å²) < 4.78 is 7.51. The summed E-state index contributed by atoms with van der Waals surface area (Å²) >= 11 is 0. The molecule has 1 aliphatic heterocycles. The van der Waals surface area contributed by atoms with Crippen LogP contribution in [0.15, 0.2) is 59.5 Å². The summed E-state index contributed by atoms with van der Waals surface area (Å²) in [6, 6.07) is 13.7. The zero-order valence-electron chi connectivity index (χ0n) is 14.0. The molecule has 1 aromatic carbocycles. The van der Waals surface area contributed by atoms with Gasteiger partial charge in [-0.2, -0.15) is 5.10 Å². The number of H-pyrrole nitrogens is 1. The monoisotopic (exact) mass is 347 g/mol. The van der Waals surface area contributed by atoms with Crippen molar-refractivity contribution in [2.75, 3.05) is 13.1 Å². The zero-order valence-corrected chi connectivity index (χ0v) is 14.0. The van der Waals surface area contributed by atoms with Gasteiger partial charge in [-0.15, -0.1) is 0 Å². The molecule has 1 N–H and O–H groups in total. The highest BCUT2D eigenvalue weighted by Gasteiger charge is 2.30. The first-order valence-electron chi connectivity index (χ1n) is 8.60. The van der Waals surface area contributed by atoms with Crippen molar-refractivity contribution in [1.29, 1.82) is 0 Å². The zero-order chi connectivity index (χ0) is 17.5. The molecule has 1 amide bonds. The highest BCUT2D eigenvalue weighted by atomic mass is 16.3. The number of hydrogen-bond donors (Lipinski definition) is 1. The standard InChI is InChI=1S/C19H17N5O2/c25-19(16-10-15(21-22-16)18-6-3-9-26-18)23-8-7-13(11-23)24-12-20-14-4-1-2-5-17(14)24/h1-6,9-10,12-13H,7-8,11H2,(H,21,22)/t13-/m1/s1. The Kier molecular flexibility index (Phi) is 3.38. The highest BCUT2D eigenvalue weighted by molar-refractivity contribution is 5.93. The van der Waals surface area contributed by atoms with Crippen molar-refractivity contribution in [3.8, 4) is 11.5 Å². The Morgan fingerprint density at radius 3 is 3.04 bits per heavy atom.